The van der Waals surface area contributed by atoms with Gasteiger partial charge in [0.25, 0.3) is 0 Å². The zero-order valence-corrected chi connectivity index (χ0v) is 14.2. The highest BCUT2D eigenvalue weighted by Crippen LogP contribution is 2.43. The molecule has 4 N–H and O–H groups in total. The summed E-state index contributed by atoms with van der Waals surface area (Å²) in [5, 5.41) is 10.0. The van der Waals surface area contributed by atoms with Crippen molar-refractivity contribution in [2.24, 2.45) is 0 Å². The summed E-state index contributed by atoms with van der Waals surface area (Å²) in [6.45, 7) is 0. The Kier molecular flexibility index (Phi) is 3.68. The molecule has 0 bridgehead atoms. The molecule has 0 aliphatic carbocycles. The van der Waals surface area contributed by atoms with E-state index in [4.69, 9.17) is 15.9 Å². The minimum atomic E-state index is -0.200. The summed E-state index contributed by atoms with van der Waals surface area (Å²) in [4.78, 5) is 18.0. The molecule has 3 heterocycles. The van der Waals surface area contributed by atoms with Gasteiger partial charge in [-0.25, -0.2) is 4.98 Å². The lowest BCUT2D eigenvalue weighted by atomic mass is 10.0. The first-order chi connectivity index (χ1) is 12.6. The minimum absolute atomic E-state index is 0.0753. The highest BCUT2D eigenvalue weighted by atomic mass is 32.1. The molecule has 4 rings (SSSR count). The molecule has 3 aromatic heterocycles. The number of thiophene rings is 1. The van der Waals surface area contributed by atoms with Gasteiger partial charge in [0.2, 0.25) is 5.78 Å². The van der Waals surface area contributed by atoms with Crippen LogP contribution in [0.1, 0.15) is 20.8 Å². The maximum atomic E-state index is 12.9. The first kappa shape index (κ1) is 15.9. The highest BCUT2D eigenvalue weighted by Gasteiger charge is 2.25. The van der Waals surface area contributed by atoms with E-state index in [9.17, 15) is 10.1 Å². The van der Waals surface area contributed by atoms with E-state index >= 15 is 0 Å². The molecule has 4 aromatic rings. The number of nitrogen functional groups attached to an aromatic ring is 2. The fourth-order valence-electron chi connectivity index (χ4n) is 2.84. The molecular weight excluding hydrogens is 348 g/mol. The quantitative estimate of drug-likeness (QED) is 0.536. The number of hydrogen-bond acceptors (Lipinski definition) is 7. The number of nitriles is 1. The summed E-state index contributed by atoms with van der Waals surface area (Å²) >= 11 is 1.15. The van der Waals surface area contributed by atoms with Gasteiger partial charge in [-0.3, -0.25) is 4.79 Å². The number of fused-ring (bicyclic) bond motifs is 1. The summed E-state index contributed by atoms with van der Waals surface area (Å²) in [5.41, 5.74) is 13.7. The SMILES string of the molecule is N#Cc1c(N)nc2sc(C(=O)c3ccccc3)c(N)c2c1-c1ccco1. The average Bonchev–Trinajstić information content (AvgIpc) is 3.29. The van der Waals surface area contributed by atoms with Crippen LogP contribution in [-0.4, -0.2) is 10.8 Å². The maximum absolute atomic E-state index is 12.9. The standard InChI is InChI=1S/C19H12N4O2S/c20-9-11-13(12-7-4-8-25-12)14-15(21)17(26-19(14)23-18(11)22)16(24)10-5-2-1-3-6-10/h1-8H,21H2,(H2,22,23). The summed E-state index contributed by atoms with van der Waals surface area (Å²) in [5.74, 6) is 0.323. The van der Waals surface area contributed by atoms with E-state index in [1.165, 1.54) is 6.26 Å². The van der Waals surface area contributed by atoms with Crippen molar-refractivity contribution < 1.29 is 9.21 Å². The van der Waals surface area contributed by atoms with Gasteiger partial charge in [-0.15, -0.1) is 11.3 Å². The molecule has 126 valence electrons. The lowest BCUT2D eigenvalue weighted by Gasteiger charge is -2.06. The third-order valence-electron chi connectivity index (χ3n) is 4.03. The van der Waals surface area contributed by atoms with Crippen LogP contribution in [0.3, 0.4) is 0 Å². The Morgan fingerprint density at radius 1 is 1.15 bits per heavy atom. The van der Waals surface area contributed by atoms with Crippen molar-refractivity contribution in [2.45, 2.75) is 0 Å². The Morgan fingerprint density at radius 2 is 1.92 bits per heavy atom. The smallest absolute Gasteiger partial charge is 0.205 e. The zero-order chi connectivity index (χ0) is 18.3. The number of furan rings is 1. The van der Waals surface area contributed by atoms with Crippen molar-refractivity contribution in [2.75, 3.05) is 11.5 Å². The van der Waals surface area contributed by atoms with Crippen LogP contribution < -0.4 is 11.5 Å². The first-order valence-corrected chi connectivity index (χ1v) is 8.48. The van der Waals surface area contributed by atoms with Crippen molar-refractivity contribution in [1.82, 2.24) is 4.98 Å². The summed E-state index contributed by atoms with van der Waals surface area (Å²) < 4.78 is 5.46. The van der Waals surface area contributed by atoms with E-state index in [0.29, 0.717) is 32.0 Å². The maximum Gasteiger partial charge on any atom is 0.205 e. The first-order valence-electron chi connectivity index (χ1n) is 7.67. The fraction of sp³-hybridized carbons (Fsp3) is 0. The Labute approximate surface area is 152 Å². The molecule has 26 heavy (non-hydrogen) atoms. The monoisotopic (exact) mass is 360 g/mol. The normalized spacial score (nSPS) is 10.7. The van der Waals surface area contributed by atoms with Crippen LogP contribution >= 0.6 is 11.3 Å². The van der Waals surface area contributed by atoms with Crippen LogP contribution in [-0.2, 0) is 0 Å². The van der Waals surface area contributed by atoms with E-state index in [-0.39, 0.29) is 22.9 Å². The molecule has 0 radical (unpaired) electrons. The van der Waals surface area contributed by atoms with Crippen LogP contribution in [0.5, 0.6) is 0 Å². The van der Waals surface area contributed by atoms with Crippen LogP contribution in [0.25, 0.3) is 21.5 Å². The van der Waals surface area contributed by atoms with E-state index in [1.807, 2.05) is 6.07 Å². The number of carbonyl (C=O) groups excluding carboxylic acids is 1. The predicted octanol–water partition coefficient (Wildman–Crippen LogP) is 3.82. The van der Waals surface area contributed by atoms with Gasteiger partial charge in [0.1, 0.15) is 32.9 Å². The largest absolute Gasteiger partial charge is 0.464 e. The topological polar surface area (TPSA) is 119 Å². The molecule has 7 heteroatoms. The van der Waals surface area contributed by atoms with Crippen molar-refractivity contribution in [3.63, 3.8) is 0 Å². The summed E-state index contributed by atoms with van der Waals surface area (Å²) in [6.07, 6.45) is 1.50. The molecular formula is C19H12N4O2S. The number of benzene rings is 1. The molecule has 1 aromatic carbocycles. The number of aromatic nitrogens is 1. The van der Waals surface area contributed by atoms with Gasteiger partial charge in [-0.1, -0.05) is 30.3 Å². The highest BCUT2D eigenvalue weighted by molar-refractivity contribution is 7.21. The van der Waals surface area contributed by atoms with E-state index in [2.05, 4.69) is 11.1 Å². The number of ketones is 1. The van der Waals surface area contributed by atoms with E-state index in [1.54, 1.807) is 36.4 Å². The Balaban J connectivity index is 2.04. The van der Waals surface area contributed by atoms with Crippen LogP contribution in [0, 0.1) is 11.3 Å². The van der Waals surface area contributed by atoms with Gasteiger partial charge in [0.05, 0.1) is 17.5 Å². The lowest BCUT2D eigenvalue weighted by molar-refractivity contribution is 0.104. The zero-order valence-electron chi connectivity index (χ0n) is 13.4. The Hall–Kier alpha value is -3.63. The van der Waals surface area contributed by atoms with Crippen LogP contribution in [0.4, 0.5) is 11.5 Å². The number of hydrogen-bond donors (Lipinski definition) is 2. The van der Waals surface area contributed by atoms with Gasteiger partial charge in [0.15, 0.2) is 0 Å². The van der Waals surface area contributed by atoms with Crippen molar-refractivity contribution in [1.29, 1.82) is 5.26 Å². The molecule has 0 spiro atoms. The molecule has 0 saturated heterocycles. The molecule has 0 amide bonds. The van der Waals surface area contributed by atoms with Gasteiger partial charge in [-0.05, 0) is 12.1 Å². The Bertz CT molecular complexity index is 1170. The lowest BCUT2D eigenvalue weighted by Crippen LogP contribution is -2.02. The molecule has 6 nitrogen and oxygen atoms in total. The molecule has 0 atom stereocenters. The van der Waals surface area contributed by atoms with Crippen molar-refractivity contribution in [3.8, 4) is 17.4 Å². The molecule has 0 aliphatic rings. The van der Waals surface area contributed by atoms with Crippen molar-refractivity contribution >= 4 is 38.8 Å². The average molecular weight is 360 g/mol. The number of carbonyl (C=O) groups is 1. The van der Waals surface area contributed by atoms with Crippen molar-refractivity contribution in [3.05, 3.63) is 64.7 Å². The van der Waals surface area contributed by atoms with Gasteiger partial charge < -0.3 is 15.9 Å². The number of nitrogens with zero attached hydrogens (tertiary/aromatic N) is 2. The summed E-state index contributed by atoms with van der Waals surface area (Å²) in [7, 11) is 0. The molecule has 0 saturated carbocycles. The number of nitrogens with two attached hydrogens (primary N) is 2. The third-order valence-corrected chi connectivity index (χ3v) is 5.12. The van der Waals surface area contributed by atoms with Gasteiger partial charge >= 0.3 is 0 Å². The van der Waals surface area contributed by atoms with Gasteiger partial charge in [-0.2, -0.15) is 5.26 Å². The molecule has 0 unspecified atom stereocenters. The molecule has 0 aliphatic heterocycles. The van der Waals surface area contributed by atoms with Crippen LogP contribution in [0.15, 0.2) is 53.1 Å². The summed E-state index contributed by atoms with van der Waals surface area (Å²) in [6, 6.07) is 14.3. The minimum Gasteiger partial charge on any atom is -0.464 e. The van der Waals surface area contributed by atoms with E-state index in [0.717, 1.165) is 11.3 Å². The number of rotatable bonds is 3. The number of pyridine rings is 1. The van der Waals surface area contributed by atoms with Crippen LogP contribution in [0.2, 0.25) is 0 Å². The molecule has 0 fully saturated rings. The Morgan fingerprint density at radius 3 is 2.58 bits per heavy atom. The predicted molar refractivity (Wildman–Crippen MR) is 101 cm³/mol. The van der Waals surface area contributed by atoms with E-state index < -0.39 is 0 Å². The van der Waals surface area contributed by atoms with Gasteiger partial charge in [0, 0.05) is 10.9 Å². The second-order valence-corrected chi connectivity index (χ2v) is 6.56. The number of anilines is 2. The fourth-order valence-corrected chi connectivity index (χ4v) is 3.91. The third kappa shape index (κ3) is 2.32. The second-order valence-electron chi connectivity index (χ2n) is 5.56. The second kappa shape index (κ2) is 6.02.